The Morgan fingerprint density at radius 3 is 2.34 bits per heavy atom. The summed E-state index contributed by atoms with van der Waals surface area (Å²) in [4.78, 5) is 33.6. The first-order valence-corrected chi connectivity index (χ1v) is 9.65. The summed E-state index contributed by atoms with van der Waals surface area (Å²) in [7, 11) is 0. The Labute approximate surface area is 172 Å². The Bertz CT molecular complexity index is 1040. The second-order valence-electron chi connectivity index (χ2n) is 7.06. The highest BCUT2D eigenvalue weighted by Crippen LogP contribution is 2.47. The van der Waals surface area contributed by atoms with E-state index < -0.39 is 18.1 Å². The maximum Gasteiger partial charge on any atom is 0.262 e. The van der Waals surface area contributed by atoms with Crippen LogP contribution in [0.15, 0.2) is 77.4 Å². The topological polar surface area (TPSA) is 63.0 Å². The van der Waals surface area contributed by atoms with E-state index in [1.807, 2.05) is 30.3 Å². The van der Waals surface area contributed by atoms with Crippen molar-refractivity contribution < 1.29 is 18.8 Å². The fourth-order valence-corrected chi connectivity index (χ4v) is 4.08. The zero-order valence-corrected chi connectivity index (χ0v) is 16.0. The van der Waals surface area contributed by atoms with Crippen molar-refractivity contribution in [3.63, 3.8) is 0 Å². The first-order valence-electron chi connectivity index (χ1n) is 9.27. The Balaban J connectivity index is 1.50. The predicted molar refractivity (Wildman–Crippen MR) is 106 cm³/mol. The van der Waals surface area contributed by atoms with Gasteiger partial charge in [0.2, 0.25) is 5.91 Å². The lowest BCUT2D eigenvalue weighted by Crippen LogP contribution is -2.36. The normalized spacial score (nSPS) is 23.7. The van der Waals surface area contributed by atoms with Crippen LogP contribution < -0.4 is 5.06 Å². The second-order valence-corrected chi connectivity index (χ2v) is 7.50. The summed E-state index contributed by atoms with van der Waals surface area (Å²) in [6, 6.07) is 19.5. The molecule has 146 valence electrons. The number of carbonyl (C=O) groups excluding carboxylic acids is 2. The fraction of sp³-hybridized carbons (Fsp3) is 0.182. The van der Waals surface area contributed by atoms with Crippen LogP contribution in [0.4, 0.5) is 5.69 Å². The van der Waals surface area contributed by atoms with Crippen molar-refractivity contribution >= 4 is 29.1 Å². The minimum Gasteiger partial charge on any atom is -0.467 e. The fourth-order valence-electron chi connectivity index (χ4n) is 3.95. The van der Waals surface area contributed by atoms with Crippen LogP contribution in [0.5, 0.6) is 0 Å². The first kappa shape index (κ1) is 18.0. The number of nitrogens with zero attached hydrogens (tertiary/aromatic N) is 2. The number of imide groups is 1. The molecular formula is C22H17ClN2O4. The molecule has 5 rings (SSSR count). The lowest BCUT2D eigenvalue weighted by molar-refractivity contribution is -0.143. The van der Waals surface area contributed by atoms with Crippen molar-refractivity contribution in [1.82, 2.24) is 4.90 Å². The molecule has 2 aromatic carbocycles. The average molecular weight is 409 g/mol. The molecule has 0 saturated carbocycles. The van der Waals surface area contributed by atoms with Gasteiger partial charge in [-0.15, -0.1) is 0 Å². The molecular weight excluding hydrogens is 392 g/mol. The minimum atomic E-state index is -0.892. The minimum absolute atomic E-state index is 0.223. The molecule has 7 heteroatoms. The molecule has 2 aliphatic rings. The highest BCUT2D eigenvalue weighted by Gasteiger charge is 2.60. The van der Waals surface area contributed by atoms with Gasteiger partial charge in [0.15, 0.2) is 6.10 Å². The van der Waals surface area contributed by atoms with Crippen LogP contribution in [0, 0.1) is 5.92 Å². The van der Waals surface area contributed by atoms with Crippen LogP contribution in [0.2, 0.25) is 5.02 Å². The predicted octanol–water partition coefficient (Wildman–Crippen LogP) is 3.98. The number of furan rings is 1. The highest BCUT2D eigenvalue weighted by atomic mass is 35.5. The van der Waals surface area contributed by atoms with Crippen LogP contribution in [0.3, 0.4) is 0 Å². The van der Waals surface area contributed by atoms with E-state index in [0.717, 1.165) is 5.56 Å². The van der Waals surface area contributed by atoms with E-state index in [4.69, 9.17) is 20.9 Å². The molecule has 0 N–H and O–H groups in total. The van der Waals surface area contributed by atoms with Gasteiger partial charge < -0.3 is 4.42 Å². The molecule has 0 unspecified atom stereocenters. The number of hydrogen-bond acceptors (Lipinski definition) is 5. The number of hydroxylamine groups is 1. The number of carbonyl (C=O) groups is 2. The van der Waals surface area contributed by atoms with Crippen molar-refractivity contribution in [2.45, 2.75) is 18.7 Å². The summed E-state index contributed by atoms with van der Waals surface area (Å²) in [5.41, 5.74) is 1.58. The number of rotatable bonds is 4. The van der Waals surface area contributed by atoms with Crippen molar-refractivity contribution in [3.8, 4) is 0 Å². The Morgan fingerprint density at radius 1 is 0.897 bits per heavy atom. The maximum absolute atomic E-state index is 13.3. The second kappa shape index (κ2) is 7.06. The van der Waals surface area contributed by atoms with Gasteiger partial charge in [-0.2, -0.15) is 0 Å². The van der Waals surface area contributed by atoms with E-state index in [0.29, 0.717) is 16.5 Å². The van der Waals surface area contributed by atoms with E-state index in [1.165, 1.54) is 4.90 Å². The summed E-state index contributed by atoms with van der Waals surface area (Å²) >= 11 is 6.00. The smallest absolute Gasteiger partial charge is 0.262 e. The molecule has 2 fully saturated rings. The number of halogens is 1. The zero-order chi connectivity index (χ0) is 20.0. The van der Waals surface area contributed by atoms with Gasteiger partial charge >= 0.3 is 0 Å². The molecule has 3 heterocycles. The van der Waals surface area contributed by atoms with Gasteiger partial charge in [0.05, 0.1) is 18.5 Å². The van der Waals surface area contributed by atoms with E-state index in [9.17, 15) is 9.59 Å². The zero-order valence-electron chi connectivity index (χ0n) is 15.3. The van der Waals surface area contributed by atoms with Crippen molar-refractivity contribution in [2.75, 3.05) is 5.06 Å². The van der Waals surface area contributed by atoms with Gasteiger partial charge in [-0.05, 0) is 42.0 Å². The largest absolute Gasteiger partial charge is 0.467 e. The molecule has 2 amide bonds. The molecule has 0 bridgehead atoms. The quantitative estimate of drug-likeness (QED) is 0.611. The molecule has 2 aliphatic heterocycles. The van der Waals surface area contributed by atoms with Gasteiger partial charge in [-0.1, -0.05) is 41.9 Å². The lowest BCUT2D eigenvalue weighted by Gasteiger charge is -2.27. The average Bonchev–Trinajstić information content (AvgIpc) is 3.44. The van der Waals surface area contributed by atoms with E-state index in [-0.39, 0.29) is 18.4 Å². The van der Waals surface area contributed by atoms with Gasteiger partial charge in [0, 0.05) is 5.02 Å². The Hall–Kier alpha value is -3.09. The number of hydrogen-bond donors (Lipinski definition) is 0. The standard InChI is InChI=1S/C22H17ClN2O4/c23-15-8-10-16(11-9-15)25-19(17-7-4-12-28-17)18-20(29-25)22(27)24(21(18)26)13-14-5-2-1-3-6-14/h1-12,18-20H,13H2/t18-,19-,20-/m0/s1. The lowest BCUT2D eigenvalue weighted by atomic mass is 9.94. The van der Waals surface area contributed by atoms with E-state index in [2.05, 4.69) is 0 Å². The Kier molecular flexibility index (Phi) is 4.38. The van der Waals surface area contributed by atoms with Gasteiger partial charge in [-0.3, -0.25) is 19.3 Å². The van der Waals surface area contributed by atoms with E-state index in [1.54, 1.807) is 47.7 Å². The molecule has 29 heavy (non-hydrogen) atoms. The maximum atomic E-state index is 13.3. The number of fused-ring (bicyclic) bond motifs is 1. The van der Waals surface area contributed by atoms with Crippen molar-refractivity contribution in [2.24, 2.45) is 5.92 Å². The van der Waals surface area contributed by atoms with Crippen LogP contribution in [0.25, 0.3) is 0 Å². The monoisotopic (exact) mass is 408 g/mol. The third kappa shape index (κ3) is 3.01. The Morgan fingerprint density at radius 2 is 1.66 bits per heavy atom. The molecule has 3 aromatic rings. The van der Waals surface area contributed by atoms with Crippen LogP contribution in [-0.2, 0) is 21.0 Å². The van der Waals surface area contributed by atoms with E-state index >= 15 is 0 Å². The number of amides is 2. The number of benzene rings is 2. The summed E-state index contributed by atoms with van der Waals surface area (Å²) in [6.07, 6.45) is 0.656. The third-order valence-corrected chi connectivity index (χ3v) is 5.56. The molecule has 2 saturated heterocycles. The highest BCUT2D eigenvalue weighted by molar-refractivity contribution is 6.30. The molecule has 3 atom stereocenters. The molecule has 0 spiro atoms. The third-order valence-electron chi connectivity index (χ3n) is 5.31. The summed E-state index contributed by atoms with van der Waals surface area (Å²) in [5, 5.41) is 2.17. The van der Waals surface area contributed by atoms with Gasteiger partial charge in [0.25, 0.3) is 5.91 Å². The van der Waals surface area contributed by atoms with Gasteiger partial charge in [0.1, 0.15) is 17.7 Å². The van der Waals surface area contributed by atoms with Gasteiger partial charge in [-0.25, -0.2) is 5.06 Å². The molecule has 6 nitrogen and oxygen atoms in total. The van der Waals surface area contributed by atoms with Crippen molar-refractivity contribution in [1.29, 1.82) is 0 Å². The molecule has 0 aliphatic carbocycles. The number of likely N-dealkylation sites (tertiary alicyclic amines) is 1. The van der Waals surface area contributed by atoms with Crippen LogP contribution >= 0.6 is 11.6 Å². The molecule has 1 aromatic heterocycles. The number of anilines is 1. The summed E-state index contributed by atoms with van der Waals surface area (Å²) in [5.74, 6) is -0.721. The molecule has 0 radical (unpaired) electrons. The van der Waals surface area contributed by atoms with Crippen molar-refractivity contribution in [3.05, 3.63) is 89.3 Å². The van der Waals surface area contributed by atoms with Crippen LogP contribution in [0.1, 0.15) is 17.4 Å². The summed E-state index contributed by atoms with van der Waals surface area (Å²) < 4.78 is 5.61. The summed E-state index contributed by atoms with van der Waals surface area (Å²) in [6.45, 7) is 0.223. The van der Waals surface area contributed by atoms with Crippen LogP contribution in [-0.4, -0.2) is 22.8 Å². The SMILES string of the molecule is O=C1[C@@H]2[C@H](ON(c3ccc(Cl)cc3)[C@H]2c2ccco2)C(=O)N1Cc1ccccc1. The first-order chi connectivity index (χ1) is 14.1.